The van der Waals surface area contributed by atoms with Gasteiger partial charge in [-0.3, -0.25) is 9.69 Å². The highest BCUT2D eigenvalue weighted by molar-refractivity contribution is 6.42. The number of methoxy groups -OCH3 is 2. The van der Waals surface area contributed by atoms with Crippen molar-refractivity contribution < 1.29 is 14.3 Å². The lowest BCUT2D eigenvalue weighted by Gasteiger charge is -2.51. The van der Waals surface area contributed by atoms with E-state index >= 15 is 0 Å². The zero-order chi connectivity index (χ0) is 20.3. The van der Waals surface area contributed by atoms with Crippen LogP contribution in [0.2, 0.25) is 10.0 Å². The van der Waals surface area contributed by atoms with Crippen molar-refractivity contribution in [2.45, 2.75) is 56.4 Å². The molecule has 2 atom stereocenters. The Morgan fingerprint density at radius 1 is 1.18 bits per heavy atom. The third-order valence-electron chi connectivity index (χ3n) is 6.29. The number of halogens is 2. The molecule has 0 radical (unpaired) electrons. The fraction of sp³-hybridized carbons (Fsp3) is 0.667. The quantitative estimate of drug-likeness (QED) is 0.642. The van der Waals surface area contributed by atoms with E-state index in [-0.39, 0.29) is 24.4 Å². The van der Waals surface area contributed by atoms with Gasteiger partial charge in [0.1, 0.15) is 6.04 Å². The molecular formula is C21H30Cl2N2O3. The molecule has 5 nitrogen and oxygen atoms in total. The van der Waals surface area contributed by atoms with E-state index in [1.54, 1.807) is 26.4 Å². The molecule has 2 fully saturated rings. The number of carbonyl (C=O) groups is 1. The Balaban J connectivity index is 1.84. The van der Waals surface area contributed by atoms with Crippen LogP contribution >= 0.6 is 23.2 Å². The van der Waals surface area contributed by atoms with Gasteiger partial charge in [0.25, 0.3) is 0 Å². The summed E-state index contributed by atoms with van der Waals surface area (Å²) in [5, 5.41) is 0.954. The molecule has 3 rings (SSSR count). The Morgan fingerprint density at radius 2 is 1.86 bits per heavy atom. The normalized spacial score (nSPS) is 25.0. The summed E-state index contributed by atoms with van der Waals surface area (Å²) in [4.78, 5) is 17.5. The molecule has 1 saturated carbocycles. The van der Waals surface area contributed by atoms with Crippen LogP contribution in [0.3, 0.4) is 0 Å². The highest BCUT2D eigenvalue weighted by Gasteiger charge is 2.51. The largest absolute Gasteiger partial charge is 0.351 e. The fourth-order valence-electron chi connectivity index (χ4n) is 4.80. The summed E-state index contributed by atoms with van der Waals surface area (Å²) >= 11 is 12.1. The molecule has 156 valence electrons. The Kier molecular flexibility index (Phi) is 7.26. The van der Waals surface area contributed by atoms with Crippen molar-refractivity contribution in [3.63, 3.8) is 0 Å². The Labute approximate surface area is 177 Å². The minimum absolute atomic E-state index is 0.0213. The number of hydrogen-bond acceptors (Lipinski definition) is 4. The molecule has 1 amide bonds. The maximum Gasteiger partial charge on any atom is 0.227 e. The van der Waals surface area contributed by atoms with Gasteiger partial charge < -0.3 is 14.4 Å². The summed E-state index contributed by atoms with van der Waals surface area (Å²) in [5.41, 5.74) is 0.847. The van der Waals surface area contributed by atoms with Gasteiger partial charge in [-0.05, 0) is 56.5 Å². The van der Waals surface area contributed by atoms with Crippen LogP contribution in [-0.2, 0) is 20.7 Å². The van der Waals surface area contributed by atoms with Gasteiger partial charge in [-0.2, -0.15) is 0 Å². The van der Waals surface area contributed by atoms with Crippen LogP contribution in [0.25, 0.3) is 0 Å². The number of likely N-dealkylation sites (N-methyl/N-ethyl adjacent to an activating group) is 1. The second-order valence-corrected chi connectivity index (χ2v) is 8.61. The second-order valence-electron chi connectivity index (χ2n) is 7.80. The van der Waals surface area contributed by atoms with E-state index < -0.39 is 5.79 Å². The fourth-order valence-corrected chi connectivity index (χ4v) is 5.12. The molecule has 1 aromatic carbocycles. The van der Waals surface area contributed by atoms with E-state index in [4.69, 9.17) is 32.7 Å². The van der Waals surface area contributed by atoms with E-state index in [9.17, 15) is 4.79 Å². The number of ether oxygens (including phenoxy) is 2. The molecule has 0 aromatic heterocycles. The summed E-state index contributed by atoms with van der Waals surface area (Å²) in [6.45, 7) is 2.14. The lowest BCUT2D eigenvalue weighted by molar-refractivity contribution is -0.265. The first-order valence-electron chi connectivity index (χ1n) is 9.96. The SMILES string of the molecule is COC1(OC)CCCC(N2CCCC2)C1N(C)C(=O)Cc1ccc(Cl)c(Cl)c1. The molecule has 0 bridgehead atoms. The van der Waals surface area contributed by atoms with E-state index in [1.165, 1.54) is 12.8 Å². The number of rotatable bonds is 6. The summed E-state index contributed by atoms with van der Waals surface area (Å²) in [7, 11) is 5.23. The number of nitrogens with zero attached hydrogens (tertiary/aromatic N) is 2. The molecule has 28 heavy (non-hydrogen) atoms. The van der Waals surface area contributed by atoms with Gasteiger partial charge in [0, 0.05) is 33.7 Å². The minimum atomic E-state index is -0.784. The van der Waals surface area contributed by atoms with Crippen molar-refractivity contribution in [2.24, 2.45) is 0 Å². The molecule has 2 unspecified atom stereocenters. The molecule has 1 aromatic rings. The lowest BCUT2D eigenvalue weighted by atomic mass is 9.82. The minimum Gasteiger partial charge on any atom is -0.351 e. The number of hydrogen-bond donors (Lipinski definition) is 0. The predicted octanol–water partition coefficient (Wildman–Crippen LogP) is 4.00. The molecule has 1 aliphatic carbocycles. The van der Waals surface area contributed by atoms with E-state index in [0.29, 0.717) is 10.0 Å². The van der Waals surface area contributed by atoms with E-state index in [1.807, 2.05) is 18.0 Å². The van der Waals surface area contributed by atoms with Crippen LogP contribution in [0.4, 0.5) is 0 Å². The summed E-state index contributed by atoms with van der Waals surface area (Å²) in [6.07, 6.45) is 5.52. The predicted molar refractivity (Wildman–Crippen MR) is 112 cm³/mol. The Bertz CT molecular complexity index is 690. The molecule has 1 saturated heterocycles. The van der Waals surface area contributed by atoms with Gasteiger partial charge in [0.05, 0.1) is 16.5 Å². The zero-order valence-corrected chi connectivity index (χ0v) is 18.4. The molecule has 2 aliphatic rings. The maximum absolute atomic E-state index is 13.2. The van der Waals surface area contributed by atoms with Gasteiger partial charge in [0.2, 0.25) is 5.91 Å². The van der Waals surface area contributed by atoms with Gasteiger partial charge in [-0.15, -0.1) is 0 Å². The van der Waals surface area contributed by atoms with Crippen LogP contribution in [0.5, 0.6) is 0 Å². The van der Waals surface area contributed by atoms with Crippen LogP contribution < -0.4 is 0 Å². The van der Waals surface area contributed by atoms with Gasteiger partial charge in [0.15, 0.2) is 5.79 Å². The van der Waals surface area contributed by atoms with Crippen LogP contribution in [0.15, 0.2) is 18.2 Å². The van der Waals surface area contributed by atoms with Crippen molar-refractivity contribution >= 4 is 29.1 Å². The monoisotopic (exact) mass is 428 g/mol. The van der Waals surface area contributed by atoms with Gasteiger partial charge >= 0.3 is 0 Å². The van der Waals surface area contributed by atoms with Crippen LogP contribution in [0.1, 0.15) is 37.7 Å². The summed E-state index contributed by atoms with van der Waals surface area (Å²) in [5.74, 6) is -0.763. The smallest absolute Gasteiger partial charge is 0.227 e. The third kappa shape index (κ3) is 4.34. The maximum atomic E-state index is 13.2. The highest BCUT2D eigenvalue weighted by Crippen LogP contribution is 2.39. The standard InChI is InChI=1S/C21H30Cl2N2O3/c1-24(19(26)14-15-8-9-16(22)17(23)13-15)20-18(25-11-4-5-12-25)7-6-10-21(20,27-2)28-3/h8-9,13,18,20H,4-7,10-12,14H2,1-3H3. The molecule has 1 heterocycles. The van der Waals surface area contributed by atoms with E-state index in [2.05, 4.69) is 4.90 Å². The van der Waals surface area contributed by atoms with E-state index in [0.717, 1.165) is 37.9 Å². The first-order valence-corrected chi connectivity index (χ1v) is 10.7. The van der Waals surface area contributed by atoms with Gasteiger partial charge in [-0.25, -0.2) is 0 Å². The van der Waals surface area contributed by atoms with Crippen molar-refractivity contribution in [3.05, 3.63) is 33.8 Å². The number of amides is 1. The first-order chi connectivity index (χ1) is 13.4. The number of benzene rings is 1. The Hall–Kier alpha value is -0.850. The average Bonchev–Trinajstić information content (AvgIpc) is 3.24. The van der Waals surface area contributed by atoms with Crippen molar-refractivity contribution in [3.8, 4) is 0 Å². The summed E-state index contributed by atoms with van der Waals surface area (Å²) in [6, 6.07) is 5.41. The number of carbonyl (C=O) groups excluding carboxylic acids is 1. The zero-order valence-electron chi connectivity index (χ0n) is 16.9. The Morgan fingerprint density at radius 3 is 2.46 bits per heavy atom. The molecule has 1 aliphatic heterocycles. The van der Waals surface area contributed by atoms with Crippen molar-refractivity contribution in [1.82, 2.24) is 9.80 Å². The molecule has 0 N–H and O–H groups in total. The lowest BCUT2D eigenvalue weighted by Crippen LogP contribution is -2.66. The summed E-state index contributed by atoms with van der Waals surface area (Å²) < 4.78 is 11.8. The van der Waals surface area contributed by atoms with Crippen LogP contribution in [0, 0.1) is 0 Å². The first kappa shape index (κ1) is 21.8. The third-order valence-corrected chi connectivity index (χ3v) is 7.03. The van der Waals surface area contributed by atoms with Crippen LogP contribution in [-0.4, -0.2) is 67.9 Å². The second kappa shape index (κ2) is 9.31. The van der Waals surface area contributed by atoms with Crippen molar-refractivity contribution in [1.29, 1.82) is 0 Å². The molecule has 0 spiro atoms. The van der Waals surface area contributed by atoms with Gasteiger partial charge in [-0.1, -0.05) is 29.3 Å². The molecule has 7 heteroatoms. The molecular weight excluding hydrogens is 399 g/mol. The van der Waals surface area contributed by atoms with Crippen molar-refractivity contribution in [2.75, 3.05) is 34.4 Å². The average molecular weight is 429 g/mol. The highest BCUT2D eigenvalue weighted by atomic mass is 35.5. The topological polar surface area (TPSA) is 42.0 Å². The number of likely N-dealkylation sites (tertiary alicyclic amines) is 1.